The number of aliphatic hydroxyl groups excluding tert-OH is 1. The lowest BCUT2D eigenvalue weighted by molar-refractivity contribution is 0.0940. The Hall–Kier alpha value is -0.500. The molecule has 2 heteroatoms. The van der Waals surface area contributed by atoms with E-state index in [0.717, 1.165) is 19.3 Å². The van der Waals surface area contributed by atoms with Gasteiger partial charge in [0.05, 0.1) is 11.4 Å². The molecule has 0 spiro atoms. The Kier molecular flexibility index (Phi) is 4.65. The molecule has 2 N–H and O–H groups in total. The van der Waals surface area contributed by atoms with Gasteiger partial charge in [-0.25, -0.2) is 0 Å². The maximum Gasteiger partial charge on any atom is 0.0942 e. The van der Waals surface area contributed by atoms with Crippen molar-refractivity contribution in [1.82, 2.24) is 0 Å². The van der Waals surface area contributed by atoms with Crippen LogP contribution in [0.25, 0.3) is 0 Å². The first kappa shape index (κ1) is 12.6. The van der Waals surface area contributed by atoms with Gasteiger partial charge in [0.1, 0.15) is 0 Å². The topological polar surface area (TPSA) is 40.5 Å². The lowest BCUT2D eigenvalue weighted by Crippen LogP contribution is -2.22. The van der Waals surface area contributed by atoms with Crippen LogP contribution in [0.15, 0.2) is 11.8 Å². The van der Waals surface area contributed by atoms with Crippen LogP contribution >= 0.6 is 0 Å². The van der Waals surface area contributed by atoms with Crippen molar-refractivity contribution in [2.45, 2.75) is 64.4 Å². The Bertz CT molecular complexity index is 213. The quantitative estimate of drug-likeness (QED) is 0.699. The van der Waals surface area contributed by atoms with Crippen LogP contribution in [0.4, 0.5) is 0 Å². The summed E-state index contributed by atoms with van der Waals surface area (Å²) in [5, 5.41) is 19.9. The van der Waals surface area contributed by atoms with Crippen LogP contribution in [0.2, 0.25) is 0 Å². The Morgan fingerprint density at radius 1 is 1.33 bits per heavy atom. The summed E-state index contributed by atoms with van der Waals surface area (Å²) in [4.78, 5) is 0. The fourth-order valence-electron chi connectivity index (χ4n) is 2.41. The molecule has 0 aliphatic heterocycles. The Morgan fingerprint density at radius 3 is 2.47 bits per heavy atom. The van der Waals surface area contributed by atoms with E-state index < -0.39 is 5.60 Å². The number of hydrogen-bond acceptors (Lipinski definition) is 2. The molecule has 0 saturated heterocycles. The highest BCUT2D eigenvalue weighted by Gasteiger charge is 2.22. The minimum atomic E-state index is -0.837. The fourth-order valence-corrected chi connectivity index (χ4v) is 2.41. The molecule has 2 nitrogen and oxygen atoms in total. The second kappa shape index (κ2) is 5.55. The first-order valence-electron chi connectivity index (χ1n) is 6.19. The zero-order valence-electron chi connectivity index (χ0n) is 10.00. The molecule has 0 heterocycles. The minimum absolute atomic E-state index is 0.294. The van der Waals surface area contributed by atoms with Crippen LogP contribution in [-0.4, -0.2) is 15.8 Å². The van der Waals surface area contributed by atoms with Crippen molar-refractivity contribution >= 4 is 0 Å². The van der Waals surface area contributed by atoms with E-state index in [2.05, 4.69) is 0 Å². The number of allylic oxidation sites excluding steroid dienone is 1. The van der Waals surface area contributed by atoms with Crippen molar-refractivity contribution in [2.75, 3.05) is 0 Å². The molecule has 15 heavy (non-hydrogen) atoms. The molecular weight excluding hydrogens is 188 g/mol. The molecule has 1 aliphatic carbocycles. The standard InChI is InChI=1S/C13H24O2/c1-3-9-13(2,15)10-12(14)11-7-5-4-6-8-11/h10-11,14-15H,3-9H2,1-2H3/b12-10-. The van der Waals surface area contributed by atoms with Gasteiger partial charge in [0.15, 0.2) is 0 Å². The summed E-state index contributed by atoms with van der Waals surface area (Å²) in [5.41, 5.74) is -0.837. The van der Waals surface area contributed by atoms with Crippen LogP contribution in [0.1, 0.15) is 58.8 Å². The summed E-state index contributed by atoms with van der Waals surface area (Å²) < 4.78 is 0. The molecule has 0 aromatic heterocycles. The van der Waals surface area contributed by atoms with E-state index in [-0.39, 0.29) is 0 Å². The first-order valence-corrected chi connectivity index (χ1v) is 6.19. The lowest BCUT2D eigenvalue weighted by Gasteiger charge is -2.24. The van der Waals surface area contributed by atoms with Crippen LogP contribution in [-0.2, 0) is 0 Å². The van der Waals surface area contributed by atoms with Gasteiger partial charge < -0.3 is 10.2 Å². The average Bonchev–Trinajstić information content (AvgIpc) is 2.18. The van der Waals surface area contributed by atoms with E-state index >= 15 is 0 Å². The van der Waals surface area contributed by atoms with E-state index in [4.69, 9.17) is 0 Å². The van der Waals surface area contributed by atoms with Crippen LogP contribution < -0.4 is 0 Å². The summed E-state index contributed by atoms with van der Waals surface area (Å²) in [6, 6.07) is 0. The molecule has 0 amide bonds. The maximum atomic E-state index is 9.98. The highest BCUT2D eigenvalue weighted by Crippen LogP contribution is 2.30. The third kappa shape index (κ3) is 4.25. The van der Waals surface area contributed by atoms with Crippen molar-refractivity contribution in [2.24, 2.45) is 5.92 Å². The monoisotopic (exact) mass is 212 g/mol. The Morgan fingerprint density at radius 2 is 1.93 bits per heavy atom. The van der Waals surface area contributed by atoms with Crippen molar-refractivity contribution < 1.29 is 10.2 Å². The van der Waals surface area contributed by atoms with Gasteiger partial charge in [-0.15, -0.1) is 0 Å². The summed E-state index contributed by atoms with van der Waals surface area (Å²) in [7, 11) is 0. The van der Waals surface area contributed by atoms with Crippen LogP contribution in [0.3, 0.4) is 0 Å². The second-order valence-electron chi connectivity index (χ2n) is 5.01. The predicted octanol–water partition coefficient (Wildman–Crippen LogP) is 3.56. The third-order valence-corrected chi connectivity index (χ3v) is 3.24. The van der Waals surface area contributed by atoms with E-state index in [1.807, 2.05) is 6.92 Å². The SMILES string of the molecule is CCCC(C)(O)/C=C(\O)C1CCCCC1. The lowest BCUT2D eigenvalue weighted by atomic mass is 9.86. The van der Waals surface area contributed by atoms with Crippen molar-refractivity contribution in [3.05, 3.63) is 11.8 Å². The van der Waals surface area contributed by atoms with Crippen LogP contribution in [0.5, 0.6) is 0 Å². The second-order valence-corrected chi connectivity index (χ2v) is 5.01. The van der Waals surface area contributed by atoms with Gasteiger partial charge in [0, 0.05) is 5.92 Å². The van der Waals surface area contributed by atoms with Gasteiger partial charge in [-0.3, -0.25) is 0 Å². The first-order chi connectivity index (χ1) is 7.05. The molecular formula is C13H24O2. The molecule has 1 unspecified atom stereocenters. The Labute approximate surface area is 93.0 Å². The van der Waals surface area contributed by atoms with E-state index in [1.54, 1.807) is 13.0 Å². The van der Waals surface area contributed by atoms with Gasteiger partial charge in [-0.2, -0.15) is 0 Å². The third-order valence-electron chi connectivity index (χ3n) is 3.24. The van der Waals surface area contributed by atoms with Crippen molar-refractivity contribution in [3.63, 3.8) is 0 Å². The zero-order chi connectivity index (χ0) is 11.3. The van der Waals surface area contributed by atoms with E-state index in [0.29, 0.717) is 18.1 Å². The summed E-state index contributed by atoms with van der Waals surface area (Å²) in [5.74, 6) is 0.704. The number of rotatable bonds is 4. The molecule has 1 fully saturated rings. The van der Waals surface area contributed by atoms with Crippen LogP contribution in [0, 0.1) is 5.92 Å². The molecule has 88 valence electrons. The van der Waals surface area contributed by atoms with E-state index in [1.165, 1.54) is 19.3 Å². The molecule has 1 aliphatic rings. The molecule has 0 radical (unpaired) electrons. The van der Waals surface area contributed by atoms with Gasteiger partial charge >= 0.3 is 0 Å². The molecule has 1 rings (SSSR count). The summed E-state index contributed by atoms with van der Waals surface area (Å²) in [6.45, 7) is 3.81. The van der Waals surface area contributed by atoms with Gasteiger partial charge in [-0.1, -0.05) is 32.6 Å². The maximum absolute atomic E-state index is 9.98. The molecule has 0 aromatic rings. The van der Waals surface area contributed by atoms with Crippen molar-refractivity contribution in [3.8, 4) is 0 Å². The van der Waals surface area contributed by atoms with Gasteiger partial charge in [0.2, 0.25) is 0 Å². The molecule has 1 saturated carbocycles. The normalized spacial score (nSPS) is 23.8. The smallest absolute Gasteiger partial charge is 0.0942 e. The highest BCUT2D eigenvalue weighted by molar-refractivity contribution is 5.06. The Balaban J connectivity index is 2.56. The number of hydrogen-bond donors (Lipinski definition) is 2. The average molecular weight is 212 g/mol. The summed E-state index contributed by atoms with van der Waals surface area (Å²) >= 11 is 0. The molecule has 0 aromatic carbocycles. The van der Waals surface area contributed by atoms with Gasteiger partial charge in [0.25, 0.3) is 0 Å². The van der Waals surface area contributed by atoms with Gasteiger partial charge in [-0.05, 0) is 32.3 Å². The minimum Gasteiger partial charge on any atom is -0.512 e. The number of aliphatic hydroxyl groups is 2. The summed E-state index contributed by atoms with van der Waals surface area (Å²) in [6.07, 6.45) is 9.15. The van der Waals surface area contributed by atoms with Crippen molar-refractivity contribution in [1.29, 1.82) is 0 Å². The molecule has 1 atom stereocenters. The zero-order valence-corrected chi connectivity index (χ0v) is 10.00. The fraction of sp³-hybridized carbons (Fsp3) is 0.846. The highest BCUT2D eigenvalue weighted by atomic mass is 16.3. The molecule has 0 bridgehead atoms. The predicted molar refractivity (Wildman–Crippen MR) is 62.8 cm³/mol. The largest absolute Gasteiger partial charge is 0.512 e. The van der Waals surface area contributed by atoms with E-state index in [9.17, 15) is 10.2 Å².